The molecule has 2 heterocycles. The van der Waals surface area contributed by atoms with Crippen LogP contribution in [0.5, 0.6) is 0 Å². The zero-order chi connectivity index (χ0) is 15.6. The lowest BCUT2D eigenvalue weighted by atomic mass is 9.96. The molecular weight excluding hydrogens is 276 g/mol. The van der Waals surface area contributed by atoms with Crippen LogP contribution in [0.2, 0.25) is 0 Å². The predicted octanol–water partition coefficient (Wildman–Crippen LogP) is 0.142. The van der Waals surface area contributed by atoms with Crippen molar-refractivity contribution in [1.29, 1.82) is 0 Å². The summed E-state index contributed by atoms with van der Waals surface area (Å²) in [7, 11) is 0. The maximum atomic E-state index is 11.8. The number of carbonyl (C=O) groups is 2. The Balaban J connectivity index is 2.10. The van der Waals surface area contributed by atoms with Crippen LogP contribution in [0.3, 0.4) is 0 Å². The second-order valence-corrected chi connectivity index (χ2v) is 6.14. The van der Waals surface area contributed by atoms with E-state index in [2.05, 4.69) is 15.5 Å². The van der Waals surface area contributed by atoms with Gasteiger partial charge in [-0.1, -0.05) is 25.9 Å². The van der Waals surface area contributed by atoms with Gasteiger partial charge in [0.2, 0.25) is 11.8 Å². The first-order valence-electron chi connectivity index (χ1n) is 6.84. The maximum Gasteiger partial charge on any atom is 0.305 e. The number of carbonyl (C=O) groups excluding carboxylic acids is 1. The summed E-state index contributed by atoms with van der Waals surface area (Å²) in [6.45, 7) is 7.23. The standard InChI is InChI=1S/C13H20N4O4/c1-13(2,3)12-15-9(21-16-12)7-17-5-4-14-11(20)8(17)6-10(18)19/h8H,4-7H2,1-3H3,(H,14,20)(H,18,19). The van der Waals surface area contributed by atoms with Crippen molar-refractivity contribution in [2.24, 2.45) is 0 Å². The lowest BCUT2D eigenvalue weighted by Gasteiger charge is -2.32. The third-order valence-corrected chi connectivity index (χ3v) is 3.29. The predicted molar refractivity (Wildman–Crippen MR) is 72.5 cm³/mol. The second-order valence-electron chi connectivity index (χ2n) is 6.14. The normalized spacial score (nSPS) is 20.3. The summed E-state index contributed by atoms with van der Waals surface area (Å²) in [5.74, 6) is -0.305. The van der Waals surface area contributed by atoms with Crippen molar-refractivity contribution in [1.82, 2.24) is 20.4 Å². The summed E-state index contributed by atoms with van der Waals surface area (Å²) >= 11 is 0. The van der Waals surface area contributed by atoms with Crippen LogP contribution in [0.1, 0.15) is 38.9 Å². The van der Waals surface area contributed by atoms with Crippen molar-refractivity contribution in [2.45, 2.75) is 45.2 Å². The van der Waals surface area contributed by atoms with E-state index in [1.165, 1.54) is 0 Å². The molecule has 21 heavy (non-hydrogen) atoms. The fourth-order valence-corrected chi connectivity index (χ4v) is 2.14. The van der Waals surface area contributed by atoms with Crippen molar-refractivity contribution < 1.29 is 19.2 Å². The Hall–Kier alpha value is -1.96. The van der Waals surface area contributed by atoms with Crippen molar-refractivity contribution in [2.75, 3.05) is 13.1 Å². The number of carboxylic acid groups (broad SMARTS) is 1. The van der Waals surface area contributed by atoms with Gasteiger partial charge in [-0.25, -0.2) is 0 Å². The fourth-order valence-electron chi connectivity index (χ4n) is 2.14. The Bertz CT molecular complexity index is 535. The van der Waals surface area contributed by atoms with E-state index in [0.29, 0.717) is 24.8 Å². The molecule has 1 aliphatic heterocycles. The molecule has 2 N–H and O–H groups in total. The smallest absolute Gasteiger partial charge is 0.305 e. The zero-order valence-corrected chi connectivity index (χ0v) is 12.4. The average Bonchev–Trinajstić information content (AvgIpc) is 2.81. The number of nitrogens with one attached hydrogen (secondary N) is 1. The van der Waals surface area contributed by atoms with E-state index in [1.807, 2.05) is 20.8 Å². The van der Waals surface area contributed by atoms with Crippen molar-refractivity contribution in [3.8, 4) is 0 Å². The van der Waals surface area contributed by atoms with Crippen LogP contribution in [0.4, 0.5) is 0 Å². The van der Waals surface area contributed by atoms with Crippen LogP contribution in [0.25, 0.3) is 0 Å². The number of carboxylic acids is 1. The van der Waals surface area contributed by atoms with Crippen LogP contribution in [-0.2, 0) is 21.5 Å². The summed E-state index contributed by atoms with van der Waals surface area (Å²) in [6, 6.07) is -0.707. The molecule has 1 saturated heterocycles. The molecule has 2 rings (SSSR count). The molecule has 0 radical (unpaired) electrons. The van der Waals surface area contributed by atoms with Gasteiger partial charge in [0.25, 0.3) is 0 Å². The highest BCUT2D eigenvalue weighted by molar-refractivity contribution is 5.86. The molecule has 1 aromatic heterocycles. The van der Waals surface area contributed by atoms with E-state index in [1.54, 1.807) is 4.90 Å². The first-order chi connectivity index (χ1) is 9.77. The molecule has 0 spiro atoms. The van der Waals surface area contributed by atoms with Gasteiger partial charge in [0.15, 0.2) is 5.82 Å². The summed E-state index contributed by atoms with van der Waals surface area (Å²) in [5, 5.41) is 15.5. The van der Waals surface area contributed by atoms with E-state index < -0.39 is 12.0 Å². The molecule has 8 nitrogen and oxygen atoms in total. The Morgan fingerprint density at radius 3 is 2.81 bits per heavy atom. The number of piperazine rings is 1. The number of amides is 1. The molecule has 0 aromatic carbocycles. The van der Waals surface area contributed by atoms with Gasteiger partial charge in [0, 0.05) is 18.5 Å². The van der Waals surface area contributed by atoms with Crippen molar-refractivity contribution >= 4 is 11.9 Å². The van der Waals surface area contributed by atoms with Crippen LogP contribution >= 0.6 is 0 Å². The highest BCUT2D eigenvalue weighted by Crippen LogP contribution is 2.20. The lowest BCUT2D eigenvalue weighted by molar-refractivity contribution is -0.143. The summed E-state index contributed by atoms with van der Waals surface area (Å²) < 4.78 is 5.20. The third kappa shape index (κ3) is 3.78. The minimum atomic E-state index is -1.01. The molecule has 0 saturated carbocycles. The topological polar surface area (TPSA) is 109 Å². The number of hydrogen-bond donors (Lipinski definition) is 2. The number of rotatable bonds is 4. The zero-order valence-electron chi connectivity index (χ0n) is 12.4. The second kappa shape index (κ2) is 5.80. The fraction of sp³-hybridized carbons (Fsp3) is 0.692. The Morgan fingerprint density at radius 1 is 1.52 bits per heavy atom. The monoisotopic (exact) mass is 296 g/mol. The lowest BCUT2D eigenvalue weighted by Crippen LogP contribution is -2.55. The number of nitrogens with zero attached hydrogens (tertiary/aromatic N) is 3. The van der Waals surface area contributed by atoms with Crippen molar-refractivity contribution in [3.05, 3.63) is 11.7 Å². The number of hydrogen-bond acceptors (Lipinski definition) is 6. The van der Waals surface area contributed by atoms with E-state index in [0.717, 1.165) is 0 Å². The van der Waals surface area contributed by atoms with E-state index in [-0.39, 0.29) is 24.3 Å². The van der Waals surface area contributed by atoms with Gasteiger partial charge in [-0.2, -0.15) is 4.98 Å². The van der Waals surface area contributed by atoms with Gasteiger partial charge in [0.1, 0.15) is 6.04 Å². The van der Waals surface area contributed by atoms with Gasteiger partial charge >= 0.3 is 5.97 Å². The molecule has 8 heteroatoms. The molecule has 1 fully saturated rings. The van der Waals surface area contributed by atoms with Gasteiger partial charge < -0.3 is 14.9 Å². The van der Waals surface area contributed by atoms with E-state index >= 15 is 0 Å². The summed E-state index contributed by atoms with van der Waals surface area (Å²) in [6.07, 6.45) is -0.244. The minimum absolute atomic E-state index is 0.221. The largest absolute Gasteiger partial charge is 0.481 e. The van der Waals surface area contributed by atoms with Gasteiger partial charge in [-0.3, -0.25) is 14.5 Å². The Morgan fingerprint density at radius 2 is 2.24 bits per heavy atom. The number of aliphatic carboxylic acids is 1. The van der Waals surface area contributed by atoms with Gasteiger partial charge in [-0.05, 0) is 0 Å². The van der Waals surface area contributed by atoms with Crippen LogP contribution in [0.15, 0.2) is 4.52 Å². The quantitative estimate of drug-likeness (QED) is 0.813. The van der Waals surface area contributed by atoms with Crippen LogP contribution in [-0.4, -0.2) is 51.2 Å². The average molecular weight is 296 g/mol. The molecule has 1 atom stereocenters. The third-order valence-electron chi connectivity index (χ3n) is 3.29. The molecule has 0 bridgehead atoms. The summed E-state index contributed by atoms with van der Waals surface area (Å²) in [5.41, 5.74) is -0.221. The number of aromatic nitrogens is 2. The highest BCUT2D eigenvalue weighted by atomic mass is 16.5. The highest BCUT2D eigenvalue weighted by Gasteiger charge is 2.33. The minimum Gasteiger partial charge on any atom is -0.481 e. The van der Waals surface area contributed by atoms with Crippen LogP contribution < -0.4 is 5.32 Å². The molecule has 1 amide bonds. The first kappa shape index (κ1) is 15.4. The SMILES string of the molecule is CC(C)(C)c1noc(CN2CCNC(=O)C2CC(=O)O)n1. The Kier molecular flexibility index (Phi) is 4.26. The van der Waals surface area contributed by atoms with E-state index in [4.69, 9.17) is 9.63 Å². The summed E-state index contributed by atoms with van der Waals surface area (Å²) in [4.78, 5) is 28.8. The molecule has 116 valence electrons. The first-order valence-corrected chi connectivity index (χ1v) is 6.84. The van der Waals surface area contributed by atoms with Crippen LogP contribution in [0, 0.1) is 0 Å². The maximum absolute atomic E-state index is 11.8. The van der Waals surface area contributed by atoms with E-state index in [9.17, 15) is 9.59 Å². The molecule has 0 aliphatic carbocycles. The Labute approximate surface area is 122 Å². The van der Waals surface area contributed by atoms with Gasteiger partial charge in [-0.15, -0.1) is 0 Å². The molecule has 1 aliphatic rings. The van der Waals surface area contributed by atoms with Crippen molar-refractivity contribution in [3.63, 3.8) is 0 Å². The molecule has 1 unspecified atom stereocenters. The van der Waals surface area contributed by atoms with Gasteiger partial charge in [0.05, 0.1) is 13.0 Å². The molecule has 1 aromatic rings. The molecular formula is C13H20N4O4.